The SMILES string of the molecule is CCC(C)NCCCCCNC(C)CC. The predicted octanol–water partition coefficient (Wildman–Crippen LogP) is 2.93. The van der Waals surface area contributed by atoms with Crippen molar-refractivity contribution in [2.75, 3.05) is 13.1 Å². The van der Waals surface area contributed by atoms with Gasteiger partial charge in [-0.3, -0.25) is 0 Å². The molecule has 2 unspecified atom stereocenters. The molecule has 0 aromatic carbocycles. The van der Waals surface area contributed by atoms with Gasteiger partial charge in [-0.1, -0.05) is 20.3 Å². The third-order valence-corrected chi connectivity index (χ3v) is 3.06. The second kappa shape index (κ2) is 10.4. The minimum Gasteiger partial charge on any atom is -0.314 e. The Morgan fingerprint density at radius 3 is 1.47 bits per heavy atom. The van der Waals surface area contributed by atoms with Crippen LogP contribution in [0.3, 0.4) is 0 Å². The van der Waals surface area contributed by atoms with Crippen LogP contribution >= 0.6 is 0 Å². The summed E-state index contributed by atoms with van der Waals surface area (Å²) < 4.78 is 0. The molecule has 0 aliphatic rings. The lowest BCUT2D eigenvalue weighted by Gasteiger charge is -2.12. The van der Waals surface area contributed by atoms with Crippen LogP contribution in [-0.2, 0) is 0 Å². The number of hydrogen-bond donors (Lipinski definition) is 2. The summed E-state index contributed by atoms with van der Waals surface area (Å²) in [5.41, 5.74) is 0. The lowest BCUT2D eigenvalue weighted by Crippen LogP contribution is -2.27. The first-order valence-electron chi connectivity index (χ1n) is 6.67. The second-order valence-electron chi connectivity index (χ2n) is 4.59. The van der Waals surface area contributed by atoms with Crippen molar-refractivity contribution in [3.8, 4) is 0 Å². The molecule has 0 heterocycles. The van der Waals surface area contributed by atoms with Gasteiger partial charge < -0.3 is 10.6 Å². The summed E-state index contributed by atoms with van der Waals surface area (Å²) in [5.74, 6) is 0. The van der Waals surface area contributed by atoms with E-state index in [9.17, 15) is 0 Å². The van der Waals surface area contributed by atoms with Crippen LogP contribution in [0.25, 0.3) is 0 Å². The standard InChI is InChI=1S/C13H30N2/c1-5-12(3)14-10-8-7-9-11-15-13(4)6-2/h12-15H,5-11H2,1-4H3. The molecule has 0 saturated carbocycles. The number of unbranched alkanes of at least 4 members (excludes halogenated alkanes) is 2. The van der Waals surface area contributed by atoms with Crippen LogP contribution in [0, 0.1) is 0 Å². The normalized spacial score (nSPS) is 15.2. The molecule has 0 rings (SSSR count). The van der Waals surface area contributed by atoms with Crippen molar-refractivity contribution in [1.29, 1.82) is 0 Å². The number of rotatable bonds is 10. The third-order valence-electron chi connectivity index (χ3n) is 3.06. The van der Waals surface area contributed by atoms with Crippen LogP contribution in [0.5, 0.6) is 0 Å². The van der Waals surface area contributed by atoms with Gasteiger partial charge in [0.25, 0.3) is 0 Å². The summed E-state index contributed by atoms with van der Waals surface area (Å²) >= 11 is 0. The van der Waals surface area contributed by atoms with E-state index in [2.05, 4.69) is 38.3 Å². The highest BCUT2D eigenvalue weighted by atomic mass is 14.9. The Balaban J connectivity index is 3.05. The summed E-state index contributed by atoms with van der Waals surface area (Å²) in [6.45, 7) is 11.3. The summed E-state index contributed by atoms with van der Waals surface area (Å²) in [6, 6.07) is 1.37. The lowest BCUT2D eigenvalue weighted by molar-refractivity contribution is 0.486. The van der Waals surface area contributed by atoms with Gasteiger partial charge in [0.1, 0.15) is 0 Å². The van der Waals surface area contributed by atoms with Crippen molar-refractivity contribution < 1.29 is 0 Å². The Bertz CT molecular complexity index is 112. The van der Waals surface area contributed by atoms with E-state index in [1.54, 1.807) is 0 Å². The van der Waals surface area contributed by atoms with Crippen LogP contribution < -0.4 is 10.6 Å². The van der Waals surface area contributed by atoms with E-state index in [0.29, 0.717) is 12.1 Å². The highest BCUT2D eigenvalue weighted by molar-refractivity contribution is 4.59. The van der Waals surface area contributed by atoms with E-state index < -0.39 is 0 Å². The Kier molecular flexibility index (Phi) is 10.4. The molecule has 2 nitrogen and oxygen atoms in total. The maximum Gasteiger partial charge on any atom is 0.00360 e. The van der Waals surface area contributed by atoms with Gasteiger partial charge in [-0.2, -0.15) is 0 Å². The van der Waals surface area contributed by atoms with Crippen molar-refractivity contribution in [2.24, 2.45) is 0 Å². The zero-order chi connectivity index (χ0) is 11.5. The molecule has 2 heteroatoms. The molecule has 92 valence electrons. The molecule has 0 aliphatic heterocycles. The molecule has 0 bridgehead atoms. The van der Waals surface area contributed by atoms with E-state index in [1.165, 1.54) is 45.2 Å². The molecule has 0 spiro atoms. The Morgan fingerprint density at radius 2 is 1.13 bits per heavy atom. The lowest BCUT2D eigenvalue weighted by atomic mass is 10.2. The molecule has 0 aliphatic carbocycles. The van der Waals surface area contributed by atoms with Gasteiger partial charge in [0.2, 0.25) is 0 Å². The fraction of sp³-hybridized carbons (Fsp3) is 1.00. The average Bonchev–Trinajstić information content (AvgIpc) is 2.26. The minimum absolute atomic E-state index is 0.684. The molecular weight excluding hydrogens is 184 g/mol. The first-order valence-corrected chi connectivity index (χ1v) is 6.67. The maximum absolute atomic E-state index is 3.52. The smallest absolute Gasteiger partial charge is 0.00360 e. The Labute approximate surface area is 96.2 Å². The second-order valence-corrected chi connectivity index (χ2v) is 4.59. The quantitative estimate of drug-likeness (QED) is 0.546. The van der Waals surface area contributed by atoms with Crippen molar-refractivity contribution in [1.82, 2.24) is 10.6 Å². The highest BCUT2D eigenvalue weighted by Gasteiger charge is 1.97. The van der Waals surface area contributed by atoms with Gasteiger partial charge in [0.05, 0.1) is 0 Å². The molecule has 15 heavy (non-hydrogen) atoms. The monoisotopic (exact) mass is 214 g/mol. The first-order chi connectivity index (χ1) is 7.20. The van der Waals surface area contributed by atoms with E-state index in [4.69, 9.17) is 0 Å². The number of nitrogens with one attached hydrogen (secondary N) is 2. The molecule has 0 aromatic rings. The first kappa shape index (κ1) is 14.9. The fourth-order valence-electron chi connectivity index (χ4n) is 1.41. The van der Waals surface area contributed by atoms with Gasteiger partial charge in [-0.25, -0.2) is 0 Å². The highest BCUT2D eigenvalue weighted by Crippen LogP contribution is 1.96. The van der Waals surface area contributed by atoms with Gasteiger partial charge >= 0.3 is 0 Å². The van der Waals surface area contributed by atoms with Gasteiger partial charge in [-0.15, -0.1) is 0 Å². The molecule has 0 saturated heterocycles. The van der Waals surface area contributed by atoms with Crippen molar-refractivity contribution in [3.05, 3.63) is 0 Å². The summed E-state index contributed by atoms with van der Waals surface area (Å²) in [7, 11) is 0. The van der Waals surface area contributed by atoms with E-state index in [-0.39, 0.29) is 0 Å². The minimum atomic E-state index is 0.684. The summed E-state index contributed by atoms with van der Waals surface area (Å²) in [5, 5.41) is 7.05. The molecule has 0 aromatic heterocycles. The van der Waals surface area contributed by atoms with E-state index in [1.807, 2.05) is 0 Å². The van der Waals surface area contributed by atoms with Gasteiger partial charge in [0.15, 0.2) is 0 Å². The Hall–Kier alpha value is -0.0800. The maximum atomic E-state index is 3.52. The Morgan fingerprint density at radius 1 is 0.733 bits per heavy atom. The molecular formula is C13H30N2. The van der Waals surface area contributed by atoms with Crippen LogP contribution in [0.4, 0.5) is 0 Å². The zero-order valence-corrected chi connectivity index (χ0v) is 11.1. The van der Waals surface area contributed by atoms with Crippen LogP contribution in [0.2, 0.25) is 0 Å². The van der Waals surface area contributed by atoms with Crippen molar-refractivity contribution in [3.63, 3.8) is 0 Å². The van der Waals surface area contributed by atoms with Crippen molar-refractivity contribution >= 4 is 0 Å². The van der Waals surface area contributed by atoms with Crippen LogP contribution in [0.1, 0.15) is 59.8 Å². The summed E-state index contributed by atoms with van der Waals surface area (Å²) in [4.78, 5) is 0. The zero-order valence-electron chi connectivity index (χ0n) is 11.1. The van der Waals surface area contributed by atoms with Crippen LogP contribution in [0.15, 0.2) is 0 Å². The summed E-state index contributed by atoms with van der Waals surface area (Å²) in [6.07, 6.45) is 6.43. The molecule has 0 fully saturated rings. The largest absolute Gasteiger partial charge is 0.314 e. The predicted molar refractivity (Wildman–Crippen MR) is 69.4 cm³/mol. The average molecular weight is 214 g/mol. The number of hydrogen-bond acceptors (Lipinski definition) is 2. The van der Waals surface area contributed by atoms with Crippen LogP contribution in [-0.4, -0.2) is 25.2 Å². The van der Waals surface area contributed by atoms with E-state index >= 15 is 0 Å². The fourth-order valence-corrected chi connectivity index (χ4v) is 1.41. The third kappa shape index (κ3) is 10.2. The molecule has 2 atom stereocenters. The molecule has 0 amide bonds. The van der Waals surface area contributed by atoms with Gasteiger partial charge in [-0.05, 0) is 52.6 Å². The van der Waals surface area contributed by atoms with Crippen molar-refractivity contribution in [2.45, 2.75) is 71.9 Å². The van der Waals surface area contributed by atoms with E-state index in [0.717, 1.165) is 0 Å². The molecule has 2 N–H and O–H groups in total. The topological polar surface area (TPSA) is 24.1 Å². The molecule has 0 radical (unpaired) electrons. The van der Waals surface area contributed by atoms with Gasteiger partial charge in [0, 0.05) is 12.1 Å².